The predicted molar refractivity (Wildman–Crippen MR) is 109 cm³/mol. The molecule has 1 amide bonds. The fourth-order valence-electron chi connectivity index (χ4n) is 2.70. The summed E-state index contributed by atoms with van der Waals surface area (Å²) in [4.78, 5) is 12.4. The van der Waals surface area contributed by atoms with Gasteiger partial charge in [0.05, 0.1) is 5.69 Å². The van der Waals surface area contributed by atoms with E-state index < -0.39 is 12.5 Å². The van der Waals surface area contributed by atoms with Gasteiger partial charge in [-0.15, -0.1) is 0 Å². The third kappa shape index (κ3) is 5.56. The number of amides is 1. The number of nitrogens with zero attached hydrogens (tertiary/aromatic N) is 2. The summed E-state index contributed by atoms with van der Waals surface area (Å²) < 4.78 is 36.6. The summed E-state index contributed by atoms with van der Waals surface area (Å²) in [6.07, 6.45) is 1.60. The van der Waals surface area contributed by atoms with Gasteiger partial charge in [0, 0.05) is 6.20 Å². The third-order valence-electron chi connectivity index (χ3n) is 4.31. The summed E-state index contributed by atoms with van der Waals surface area (Å²) in [6.45, 7) is 3.54. The van der Waals surface area contributed by atoms with Crippen LogP contribution in [0.5, 0.6) is 11.5 Å². The molecule has 0 saturated carbocycles. The first-order valence-electron chi connectivity index (χ1n) is 9.34. The van der Waals surface area contributed by atoms with Crippen molar-refractivity contribution in [2.75, 3.05) is 5.32 Å². The summed E-state index contributed by atoms with van der Waals surface area (Å²) in [6, 6.07) is 15.3. The van der Waals surface area contributed by atoms with Crippen LogP contribution in [0.15, 0.2) is 60.8 Å². The molecule has 0 bridgehead atoms. The largest absolute Gasteiger partial charge is 0.471 e. The molecule has 0 fully saturated rings. The molecular weight excluding hydrogens is 392 g/mol. The SMILES string of the molecule is CC(C)(C)c1ccc(OCn2ccc(C(=O)Nc3ccccc3OC(F)F)n2)cc1. The van der Waals surface area contributed by atoms with E-state index in [1.165, 1.54) is 34.5 Å². The number of alkyl halides is 2. The number of anilines is 1. The molecule has 0 aliphatic carbocycles. The van der Waals surface area contributed by atoms with Gasteiger partial charge in [-0.3, -0.25) is 4.79 Å². The van der Waals surface area contributed by atoms with Gasteiger partial charge in [-0.2, -0.15) is 13.9 Å². The molecule has 158 valence electrons. The van der Waals surface area contributed by atoms with E-state index >= 15 is 0 Å². The molecule has 1 N–H and O–H groups in total. The molecule has 0 atom stereocenters. The number of ether oxygens (including phenoxy) is 2. The predicted octanol–water partition coefficient (Wildman–Crippen LogP) is 5.07. The van der Waals surface area contributed by atoms with E-state index in [4.69, 9.17) is 4.74 Å². The Morgan fingerprint density at radius 2 is 1.80 bits per heavy atom. The fourth-order valence-corrected chi connectivity index (χ4v) is 2.70. The molecule has 0 aliphatic heterocycles. The van der Waals surface area contributed by atoms with Crippen molar-refractivity contribution in [2.45, 2.75) is 39.5 Å². The van der Waals surface area contributed by atoms with Gasteiger partial charge in [0.15, 0.2) is 12.4 Å². The Kier molecular flexibility index (Phi) is 6.34. The maximum absolute atomic E-state index is 12.5. The first-order valence-corrected chi connectivity index (χ1v) is 9.34. The molecule has 0 radical (unpaired) electrons. The molecule has 1 heterocycles. The smallest absolute Gasteiger partial charge is 0.387 e. The highest BCUT2D eigenvalue weighted by Crippen LogP contribution is 2.26. The molecule has 8 heteroatoms. The first-order chi connectivity index (χ1) is 14.2. The number of nitrogens with one attached hydrogen (secondary N) is 1. The van der Waals surface area contributed by atoms with Crippen molar-refractivity contribution in [3.05, 3.63) is 72.1 Å². The van der Waals surface area contributed by atoms with E-state index in [-0.39, 0.29) is 29.3 Å². The highest BCUT2D eigenvalue weighted by Gasteiger charge is 2.15. The van der Waals surface area contributed by atoms with E-state index in [1.54, 1.807) is 12.3 Å². The van der Waals surface area contributed by atoms with E-state index in [9.17, 15) is 13.6 Å². The van der Waals surface area contributed by atoms with E-state index in [2.05, 4.69) is 35.9 Å². The van der Waals surface area contributed by atoms with Crippen molar-refractivity contribution >= 4 is 11.6 Å². The molecule has 3 aromatic rings. The van der Waals surface area contributed by atoms with Gasteiger partial charge in [0.2, 0.25) is 0 Å². The Balaban J connectivity index is 1.60. The van der Waals surface area contributed by atoms with Crippen LogP contribution in [0.3, 0.4) is 0 Å². The lowest BCUT2D eigenvalue weighted by atomic mass is 9.87. The topological polar surface area (TPSA) is 65.4 Å². The lowest BCUT2D eigenvalue weighted by Gasteiger charge is -2.19. The molecule has 6 nitrogen and oxygen atoms in total. The minimum Gasteiger partial charge on any atom is -0.471 e. The summed E-state index contributed by atoms with van der Waals surface area (Å²) in [7, 11) is 0. The molecule has 0 spiro atoms. The maximum Gasteiger partial charge on any atom is 0.387 e. The van der Waals surface area contributed by atoms with Crippen molar-refractivity contribution < 1.29 is 23.0 Å². The minimum atomic E-state index is -2.99. The Morgan fingerprint density at radius 1 is 1.10 bits per heavy atom. The van der Waals surface area contributed by atoms with E-state index in [0.717, 1.165) is 0 Å². The lowest BCUT2D eigenvalue weighted by Crippen LogP contribution is -2.15. The van der Waals surface area contributed by atoms with Crippen molar-refractivity contribution in [3.8, 4) is 11.5 Å². The molecule has 0 unspecified atom stereocenters. The van der Waals surface area contributed by atoms with Crippen LogP contribution in [0.4, 0.5) is 14.5 Å². The second-order valence-electron chi connectivity index (χ2n) is 7.62. The molecule has 2 aromatic carbocycles. The maximum atomic E-state index is 12.5. The standard InChI is InChI=1S/C22H23F2N3O3/c1-22(2,3)15-8-10-16(11-9-15)29-14-27-13-12-18(26-27)20(28)25-17-6-4-5-7-19(17)30-21(23)24/h4-13,21H,14H2,1-3H3,(H,25,28). The van der Waals surface area contributed by atoms with Crippen molar-refractivity contribution in [2.24, 2.45) is 0 Å². The Hall–Kier alpha value is -3.42. The third-order valence-corrected chi connectivity index (χ3v) is 4.31. The van der Waals surface area contributed by atoms with E-state index in [0.29, 0.717) is 5.75 Å². The number of aromatic nitrogens is 2. The lowest BCUT2D eigenvalue weighted by molar-refractivity contribution is -0.0493. The molecule has 3 rings (SSSR count). The zero-order valence-corrected chi connectivity index (χ0v) is 16.9. The fraction of sp³-hybridized carbons (Fsp3) is 0.273. The zero-order valence-electron chi connectivity index (χ0n) is 16.9. The van der Waals surface area contributed by atoms with Crippen LogP contribution >= 0.6 is 0 Å². The van der Waals surface area contributed by atoms with Gasteiger partial charge >= 0.3 is 6.61 Å². The number of carbonyl (C=O) groups is 1. The average Bonchev–Trinajstić information content (AvgIpc) is 3.16. The summed E-state index contributed by atoms with van der Waals surface area (Å²) in [5.41, 5.74) is 1.51. The van der Waals surface area contributed by atoms with Crippen LogP contribution in [0.2, 0.25) is 0 Å². The van der Waals surface area contributed by atoms with Gasteiger partial charge in [-0.25, -0.2) is 4.68 Å². The minimum absolute atomic E-state index is 0.0573. The first kappa shape index (κ1) is 21.3. The number of carbonyl (C=O) groups excluding carboxylic acids is 1. The van der Waals surface area contributed by atoms with Gasteiger partial charge < -0.3 is 14.8 Å². The number of benzene rings is 2. The molecular formula is C22H23F2N3O3. The monoisotopic (exact) mass is 415 g/mol. The highest BCUT2D eigenvalue weighted by molar-refractivity contribution is 6.03. The van der Waals surface area contributed by atoms with E-state index in [1.807, 2.05) is 24.3 Å². The van der Waals surface area contributed by atoms with Crippen LogP contribution in [0.25, 0.3) is 0 Å². The summed E-state index contributed by atoms with van der Waals surface area (Å²) in [5.74, 6) is 0.0125. The van der Waals surface area contributed by atoms with Gasteiger partial charge in [0.1, 0.15) is 11.5 Å². The summed E-state index contributed by atoms with van der Waals surface area (Å²) >= 11 is 0. The van der Waals surface area contributed by atoms with Crippen LogP contribution in [-0.2, 0) is 12.1 Å². The zero-order chi connectivity index (χ0) is 21.7. The Morgan fingerprint density at radius 3 is 2.47 bits per heavy atom. The molecule has 0 saturated heterocycles. The van der Waals surface area contributed by atoms with Crippen LogP contribution in [0, 0.1) is 0 Å². The Bertz CT molecular complexity index is 995. The van der Waals surface area contributed by atoms with Gasteiger partial charge in [-0.05, 0) is 41.3 Å². The van der Waals surface area contributed by atoms with Gasteiger partial charge in [-0.1, -0.05) is 45.0 Å². The number of para-hydroxylation sites is 2. The van der Waals surface area contributed by atoms with Crippen LogP contribution < -0.4 is 14.8 Å². The molecule has 1 aromatic heterocycles. The molecule has 0 aliphatic rings. The number of rotatable bonds is 7. The number of hydrogen-bond donors (Lipinski definition) is 1. The summed E-state index contributed by atoms with van der Waals surface area (Å²) in [5, 5.41) is 6.69. The Labute approximate surface area is 173 Å². The normalized spacial score (nSPS) is 11.4. The van der Waals surface area contributed by atoms with Crippen molar-refractivity contribution in [1.82, 2.24) is 9.78 Å². The second kappa shape index (κ2) is 8.94. The van der Waals surface area contributed by atoms with Crippen molar-refractivity contribution in [3.63, 3.8) is 0 Å². The van der Waals surface area contributed by atoms with Gasteiger partial charge in [0.25, 0.3) is 5.91 Å². The molecule has 30 heavy (non-hydrogen) atoms. The highest BCUT2D eigenvalue weighted by atomic mass is 19.3. The van der Waals surface area contributed by atoms with Crippen LogP contribution in [-0.4, -0.2) is 22.3 Å². The number of halogens is 2. The van der Waals surface area contributed by atoms with Crippen LogP contribution in [0.1, 0.15) is 36.8 Å². The van der Waals surface area contributed by atoms with Crippen molar-refractivity contribution in [1.29, 1.82) is 0 Å². The second-order valence-corrected chi connectivity index (χ2v) is 7.62. The quantitative estimate of drug-likeness (QED) is 0.585. The number of hydrogen-bond acceptors (Lipinski definition) is 4. The average molecular weight is 415 g/mol.